The lowest BCUT2D eigenvalue weighted by molar-refractivity contribution is 0.367. The van der Waals surface area contributed by atoms with Crippen molar-refractivity contribution >= 4 is 5.69 Å². The van der Waals surface area contributed by atoms with Gasteiger partial charge in [0.15, 0.2) is 0 Å². The summed E-state index contributed by atoms with van der Waals surface area (Å²) in [6.07, 6.45) is 6.19. The Morgan fingerprint density at radius 1 is 1.20 bits per heavy atom. The van der Waals surface area contributed by atoms with E-state index in [1.54, 1.807) is 0 Å². The van der Waals surface area contributed by atoms with Gasteiger partial charge in [-0.1, -0.05) is 20.8 Å². The normalized spacial score (nSPS) is 11.5. The van der Waals surface area contributed by atoms with E-state index >= 15 is 0 Å². The number of pyridine rings is 1. The smallest absolute Gasteiger partial charge is 0.0394 e. The molecule has 84 valence electrons. The molecule has 0 fully saturated rings. The zero-order valence-electron chi connectivity index (χ0n) is 10.3. The van der Waals surface area contributed by atoms with Crippen LogP contribution in [0.5, 0.6) is 0 Å². The summed E-state index contributed by atoms with van der Waals surface area (Å²) in [7, 11) is 2.14. The summed E-state index contributed by atoms with van der Waals surface area (Å²) in [5.74, 6) is 0. The third kappa shape index (κ3) is 4.82. The maximum absolute atomic E-state index is 4.02. The highest BCUT2D eigenvalue weighted by atomic mass is 15.1. The highest BCUT2D eigenvalue weighted by Crippen LogP contribution is 2.21. The van der Waals surface area contributed by atoms with Crippen LogP contribution in [0.25, 0.3) is 0 Å². The second kappa shape index (κ2) is 5.15. The van der Waals surface area contributed by atoms with Crippen molar-refractivity contribution in [1.82, 2.24) is 4.98 Å². The lowest BCUT2D eigenvalue weighted by atomic mass is 9.90. The van der Waals surface area contributed by atoms with Gasteiger partial charge in [0.2, 0.25) is 0 Å². The highest BCUT2D eigenvalue weighted by molar-refractivity contribution is 5.43. The molecule has 0 aliphatic heterocycles. The zero-order valence-corrected chi connectivity index (χ0v) is 10.3. The van der Waals surface area contributed by atoms with Gasteiger partial charge in [0.25, 0.3) is 0 Å². The molecule has 0 atom stereocenters. The third-order valence-electron chi connectivity index (χ3n) is 2.52. The van der Waals surface area contributed by atoms with Crippen molar-refractivity contribution in [2.75, 3.05) is 18.5 Å². The van der Waals surface area contributed by atoms with E-state index in [-0.39, 0.29) is 0 Å². The van der Waals surface area contributed by atoms with Crippen LogP contribution in [0.15, 0.2) is 24.5 Å². The predicted molar refractivity (Wildman–Crippen MR) is 66.2 cm³/mol. The van der Waals surface area contributed by atoms with E-state index in [0.717, 1.165) is 6.54 Å². The second-order valence-electron chi connectivity index (χ2n) is 5.29. The van der Waals surface area contributed by atoms with Gasteiger partial charge < -0.3 is 4.90 Å². The van der Waals surface area contributed by atoms with E-state index in [1.165, 1.54) is 18.5 Å². The van der Waals surface area contributed by atoms with Crippen LogP contribution in [-0.2, 0) is 0 Å². The zero-order chi connectivity index (χ0) is 11.3. The summed E-state index contributed by atoms with van der Waals surface area (Å²) >= 11 is 0. The summed E-state index contributed by atoms with van der Waals surface area (Å²) in [5, 5.41) is 0. The van der Waals surface area contributed by atoms with Gasteiger partial charge in [-0.25, -0.2) is 0 Å². The van der Waals surface area contributed by atoms with Crippen molar-refractivity contribution in [3.8, 4) is 0 Å². The first-order valence-electron chi connectivity index (χ1n) is 5.60. The number of rotatable bonds is 4. The fraction of sp³-hybridized carbons (Fsp3) is 0.615. The molecular formula is C13H22N2. The minimum Gasteiger partial charge on any atom is -0.375 e. The standard InChI is InChI=1S/C13H22N2/c1-13(2,3)8-5-11-15(4)12-6-9-14-10-7-12/h6-7,9-10H,5,8,11H2,1-4H3. The molecule has 0 amide bonds. The summed E-state index contributed by atoms with van der Waals surface area (Å²) in [6, 6.07) is 4.11. The number of aromatic nitrogens is 1. The van der Waals surface area contributed by atoms with Crippen molar-refractivity contribution in [2.24, 2.45) is 5.41 Å². The van der Waals surface area contributed by atoms with E-state index in [0.29, 0.717) is 5.41 Å². The molecule has 0 unspecified atom stereocenters. The molecule has 2 heteroatoms. The maximum atomic E-state index is 4.02. The molecule has 0 saturated carbocycles. The monoisotopic (exact) mass is 206 g/mol. The van der Waals surface area contributed by atoms with Gasteiger partial charge in [-0.15, -0.1) is 0 Å². The number of nitrogens with zero attached hydrogens (tertiary/aromatic N) is 2. The van der Waals surface area contributed by atoms with Crippen LogP contribution in [0.4, 0.5) is 5.69 Å². The van der Waals surface area contributed by atoms with Crippen LogP contribution in [0, 0.1) is 5.41 Å². The number of hydrogen-bond donors (Lipinski definition) is 0. The van der Waals surface area contributed by atoms with Crippen LogP contribution in [0.3, 0.4) is 0 Å². The molecule has 1 heterocycles. The second-order valence-corrected chi connectivity index (χ2v) is 5.29. The van der Waals surface area contributed by atoms with E-state index < -0.39 is 0 Å². The first kappa shape index (κ1) is 12.0. The molecule has 1 aromatic heterocycles. The van der Waals surface area contributed by atoms with Crippen molar-refractivity contribution in [1.29, 1.82) is 0 Å². The summed E-state index contributed by atoms with van der Waals surface area (Å²) < 4.78 is 0. The lowest BCUT2D eigenvalue weighted by Crippen LogP contribution is -2.20. The molecule has 0 spiro atoms. The molecule has 0 aliphatic carbocycles. The van der Waals surface area contributed by atoms with Gasteiger partial charge in [0, 0.05) is 31.7 Å². The SMILES string of the molecule is CN(CCCC(C)(C)C)c1ccncc1. The quantitative estimate of drug-likeness (QED) is 0.751. The molecular weight excluding hydrogens is 184 g/mol. The van der Waals surface area contributed by atoms with Crippen molar-refractivity contribution in [3.63, 3.8) is 0 Å². The Balaban J connectivity index is 2.34. The van der Waals surface area contributed by atoms with Gasteiger partial charge in [-0.3, -0.25) is 4.98 Å². The van der Waals surface area contributed by atoms with E-state index in [4.69, 9.17) is 0 Å². The van der Waals surface area contributed by atoms with Crippen LogP contribution >= 0.6 is 0 Å². The number of anilines is 1. The van der Waals surface area contributed by atoms with E-state index in [2.05, 4.69) is 49.8 Å². The maximum Gasteiger partial charge on any atom is 0.0394 e. The molecule has 1 aromatic rings. The van der Waals surface area contributed by atoms with E-state index in [1.807, 2.05) is 12.4 Å². The molecule has 0 radical (unpaired) electrons. The Kier molecular flexibility index (Phi) is 4.13. The Hall–Kier alpha value is -1.05. The third-order valence-corrected chi connectivity index (χ3v) is 2.52. The van der Waals surface area contributed by atoms with Crippen LogP contribution in [0.2, 0.25) is 0 Å². The minimum atomic E-state index is 0.444. The Bertz CT molecular complexity index is 274. The first-order chi connectivity index (χ1) is 6.99. The van der Waals surface area contributed by atoms with Gasteiger partial charge in [-0.2, -0.15) is 0 Å². The lowest BCUT2D eigenvalue weighted by Gasteiger charge is -2.22. The van der Waals surface area contributed by atoms with Gasteiger partial charge in [-0.05, 0) is 30.4 Å². The van der Waals surface area contributed by atoms with Crippen LogP contribution in [0.1, 0.15) is 33.6 Å². The fourth-order valence-corrected chi connectivity index (χ4v) is 1.57. The molecule has 0 saturated heterocycles. The summed E-state index contributed by atoms with van der Waals surface area (Å²) in [5.41, 5.74) is 1.69. The average Bonchev–Trinajstić information content (AvgIpc) is 2.17. The predicted octanol–water partition coefficient (Wildman–Crippen LogP) is 3.34. The highest BCUT2D eigenvalue weighted by Gasteiger charge is 2.10. The largest absolute Gasteiger partial charge is 0.375 e. The average molecular weight is 206 g/mol. The van der Waals surface area contributed by atoms with Crippen LogP contribution in [-0.4, -0.2) is 18.6 Å². The van der Waals surface area contributed by atoms with Crippen molar-refractivity contribution in [2.45, 2.75) is 33.6 Å². The number of hydrogen-bond acceptors (Lipinski definition) is 2. The summed E-state index contributed by atoms with van der Waals surface area (Å²) in [4.78, 5) is 6.31. The molecule has 0 aromatic carbocycles. The van der Waals surface area contributed by atoms with Gasteiger partial charge in [0.05, 0.1) is 0 Å². The van der Waals surface area contributed by atoms with Crippen molar-refractivity contribution in [3.05, 3.63) is 24.5 Å². The molecule has 2 nitrogen and oxygen atoms in total. The topological polar surface area (TPSA) is 16.1 Å². The molecule has 0 bridgehead atoms. The van der Waals surface area contributed by atoms with E-state index in [9.17, 15) is 0 Å². The summed E-state index contributed by atoms with van der Waals surface area (Å²) in [6.45, 7) is 7.99. The van der Waals surface area contributed by atoms with Gasteiger partial charge >= 0.3 is 0 Å². The van der Waals surface area contributed by atoms with Crippen LogP contribution < -0.4 is 4.90 Å². The Labute approximate surface area is 93.3 Å². The van der Waals surface area contributed by atoms with Gasteiger partial charge in [0.1, 0.15) is 0 Å². The molecule has 1 rings (SSSR count). The fourth-order valence-electron chi connectivity index (χ4n) is 1.57. The minimum absolute atomic E-state index is 0.444. The molecule has 15 heavy (non-hydrogen) atoms. The first-order valence-corrected chi connectivity index (χ1v) is 5.60. The Morgan fingerprint density at radius 3 is 2.33 bits per heavy atom. The molecule has 0 aliphatic rings. The Morgan fingerprint density at radius 2 is 1.80 bits per heavy atom. The van der Waals surface area contributed by atoms with Crippen molar-refractivity contribution < 1.29 is 0 Å². The molecule has 0 N–H and O–H groups in total.